The number of carbonyl (C=O) groups is 3. The summed E-state index contributed by atoms with van der Waals surface area (Å²) < 4.78 is 123. The third-order valence-electron chi connectivity index (χ3n) is 25.4. The molecule has 3 N–H and O–H groups in total. The van der Waals surface area contributed by atoms with Crippen LogP contribution in [0.15, 0.2) is 21.9 Å². The van der Waals surface area contributed by atoms with Crippen LogP contribution in [0, 0.1) is 186 Å². The molecule has 8 bridgehead atoms. The fraction of sp³-hybridized carbons (Fsp3) is 0.857. The summed E-state index contributed by atoms with van der Waals surface area (Å²) in [7, 11) is 9.91. The minimum Gasteiger partial charge on any atom is -0.541 e. The Kier molecular flexibility index (Phi) is 42.5. The summed E-state index contributed by atoms with van der Waals surface area (Å²) in [4.78, 5) is 59.7. The van der Waals surface area contributed by atoms with Gasteiger partial charge in [-0.25, -0.2) is 4.79 Å². The first-order valence-electron chi connectivity index (χ1n) is 37.9. The molecule has 0 amide bonds. The van der Waals surface area contributed by atoms with Crippen LogP contribution in [0.3, 0.4) is 0 Å². The van der Waals surface area contributed by atoms with Gasteiger partial charge in [-0.3, -0.25) is 28.7 Å². The van der Waals surface area contributed by atoms with Gasteiger partial charge < -0.3 is 114 Å². The minimum absolute atomic E-state index is 0. The number of hydrogen-bond donors (Lipinski definition) is 3. The number of hydrogen-bond acceptors (Lipinski definition) is 29. The minimum atomic E-state index is -0.899. The number of fused-ring (bicyclic) bond motifs is 9. The number of H-pyrrole nitrogens is 1. The molecule has 112 heavy (non-hydrogen) atoms. The zero-order chi connectivity index (χ0) is 80.8. The fourth-order valence-electron chi connectivity index (χ4n) is 17.2. The number of rotatable bonds is 20. The Morgan fingerprint density at radius 1 is 0.491 bits per heavy atom. The molecule has 0 saturated carbocycles. The van der Waals surface area contributed by atoms with E-state index >= 15 is 0 Å². The van der Waals surface area contributed by atoms with E-state index in [-0.39, 0.29) is 238 Å². The summed E-state index contributed by atoms with van der Waals surface area (Å²) >= 11 is 0. The van der Waals surface area contributed by atoms with E-state index in [1.807, 2.05) is 90.0 Å². The van der Waals surface area contributed by atoms with Crippen LogP contribution in [-0.4, -0.2) is 256 Å². The van der Waals surface area contributed by atoms with Gasteiger partial charge in [0.25, 0.3) is 5.56 Å². The zero-order valence-electron chi connectivity index (χ0n) is 70.6. The van der Waals surface area contributed by atoms with Crippen molar-refractivity contribution in [1.82, 2.24) is 9.55 Å². The van der Waals surface area contributed by atoms with Crippen molar-refractivity contribution < 1.29 is 253 Å². The number of carbonyl (C=O) groups excluding carboxylic acids is 3. The van der Waals surface area contributed by atoms with Crippen molar-refractivity contribution >= 4 is 17.9 Å². The predicted octanol–water partition coefficient (Wildman–Crippen LogP) is 6.81. The number of aromatic amines is 1. The molecule has 0 radical (unpaired) electrons. The van der Waals surface area contributed by atoms with Gasteiger partial charge >= 0.3 is 23.6 Å². The van der Waals surface area contributed by atoms with Crippen molar-refractivity contribution in [1.29, 1.82) is 0 Å². The van der Waals surface area contributed by atoms with Crippen LogP contribution in [0.4, 0.5) is 0 Å². The quantitative estimate of drug-likeness (QED) is 0.0685. The number of aromatic nitrogens is 2. The van der Waals surface area contributed by atoms with E-state index in [2.05, 4.69) is 32.7 Å². The Balaban J connectivity index is 0.000000342. The summed E-state index contributed by atoms with van der Waals surface area (Å²) in [6.07, 6.45) is -1.15. The van der Waals surface area contributed by atoms with Crippen molar-refractivity contribution in [2.75, 3.05) is 69.1 Å². The molecule has 640 valence electrons. The van der Waals surface area contributed by atoms with Gasteiger partial charge in [0.1, 0.15) is 28.5 Å². The van der Waals surface area contributed by atoms with Crippen LogP contribution in [0.1, 0.15) is 171 Å². The predicted molar refractivity (Wildman–Crippen MR) is 386 cm³/mol. The number of aliphatic hydroxyl groups excluding tert-OH is 2. The van der Waals surface area contributed by atoms with Gasteiger partial charge in [0.15, 0.2) is 30.5 Å². The maximum atomic E-state index is 12.2. The molecule has 12 aliphatic rings. The summed E-state index contributed by atoms with van der Waals surface area (Å²) in [5.74, 6) is -0.928. The molecule has 0 spiro atoms. The second-order valence-corrected chi connectivity index (χ2v) is 30.8. The topological polar surface area (TPSA) is 350 Å². The van der Waals surface area contributed by atoms with Crippen LogP contribution >= 0.6 is 0 Å². The van der Waals surface area contributed by atoms with E-state index < -0.39 is 94.3 Å². The van der Waals surface area contributed by atoms with Crippen molar-refractivity contribution in [2.45, 2.75) is 320 Å². The molecular weight excluding hydrogens is 2370 g/mol. The molecule has 1 aromatic heterocycles. The van der Waals surface area contributed by atoms with E-state index in [4.69, 9.17) is 104 Å². The number of ether oxygens (including phenoxy) is 22. The average molecular weight is 2500 g/mol. The van der Waals surface area contributed by atoms with Gasteiger partial charge in [0, 0.05) is 218 Å². The maximum Gasteiger partial charge on any atom is 0.330 e. The number of methoxy groups -OCH3 is 6. The van der Waals surface area contributed by atoms with Crippen molar-refractivity contribution in [3.05, 3.63) is 59.5 Å². The molecule has 1 aromatic rings. The largest absolute Gasteiger partial charge is 0.541 e. The van der Waals surface area contributed by atoms with E-state index in [0.717, 1.165) is 6.42 Å². The zero-order valence-corrected chi connectivity index (χ0v) is 87.3. The Hall–Kier alpha value is 0.458. The molecule has 31 nitrogen and oxygen atoms in total. The van der Waals surface area contributed by atoms with Crippen LogP contribution in [0.25, 0.3) is 0 Å². The van der Waals surface area contributed by atoms with Gasteiger partial charge in [0.05, 0.1) is 92.1 Å². The van der Waals surface area contributed by atoms with E-state index in [1.54, 1.807) is 76.0 Å². The number of esters is 3. The molecule has 12 saturated heterocycles. The molecule has 12 aliphatic heterocycles. The first kappa shape index (κ1) is 107. The van der Waals surface area contributed by atoms with Crippen LogP contribution in [0.2, 0.25) is 0 Å². The molecule has 31 atom stereocenters. The fourth-order valence-corrected chi connectivity index (χ4v) is 17.2. The summed E-state index contributed by atoms with van der Waals surface area (Å²) in [6, 6.07) is 1.23. The average Bonchev–Trinajstić information content (AvgIpc) is 1.60. The third kappa shape index (κ3) is 21.6. The molecule has 0 aliphatic carbocycles. The maximum absolute atomic E-state index is 12.2. The van der Waals surface area contributed by atoms with Gasteiger partial charge in [0.2, 0.25) is 6.29 Å². The Bertz CT molecular complexity index is 3070. The molecule has 13 rings (SSSR count). The van der Waals surface area contributed by atoms with Gasteiger partial charge in [-0.1, -0.05) is 62.3 Å². The summed E-state index contributed by atoms with van der Waals surface area (Å²) in [5.41, 5.74) is -4.37. The number of nitrogens with zero attached hydrogens (tertiary/aromatic N) is 1. The molecule has 12 fully saturated rings. The van der Waals surface area contributed by atoms with Crippen LogP contribution < -0.4 is 11.2 Å². The van der Waals surface area contributed by atoms with Crippen molar-refractivity contribution in [2.24, 2.45) is 35.5 Å². The molecule has 9 unspecified atom stereocenters. The number of nitrogens with one attached hydrogen (secondary N) is 1. The second kappa shape index (κ2) is 44.7. The van der Waals surface area contributed by atoms with Gasteiger partial charge in [-0.05, 0) is 124 Å². The Labute approximate surface area is 757 Å². The molecule has 0 aromatic carbocycles. The normalized spacial score (nSPS) is 40.3. The van der Waals surface area contributed by atoms with E-state index in [0.29, 0.717) is 51.1 Å². The van der Waals surface area contributed by atoms with Crippen LogP contribution in [-0.2, 0) is 119 Å². The Morgan fingerprint density at radius 3 is 1.16 bits per heavy atom. The second-order valence-electron chi connectivity index (χ2n) is 30.8. The molecular formula is C77H128N2O29U4-4. The smallest absolute Gasteiger partial charge is 0.330 e. The third-order valence-corrected chi connectivity index (χ3v) is 25.4. The van der Waals surface area contributed by atoms with Gasteiger partial charge in [-0.15, -0.1) is 0 Å². The number of aliphatic hydroxyl groups is 2. The van der Waals surface area contributed by atoms with E-state index in [9.17, 15) is 34.2 Å². The van der Waals surface area contributed by atoms with Gasteiger partial charge in [-0.2, -0.15) is 26.4 Å². The monoisotopic (exact) mass is 2500 g/mol. The van der Waals surface area contributed by atoms with Crippen molar-refractivity contribution in [3.8, 4) is 0 Å². The first-order chi connectivity index (χ1) is 50.7. The SMILES string of the molecule is CC(O)[C@@]12CO[C@@H]([CH-]O1)[C@@H]2C.CC[C@]1(C(C)OC)OC(OC(C)=O)[C@H](OC(C)=O)[C@@H]1C.CC[C@]1(C(C)OC)OC(n2ccc(=O)[nH]c2=O)[C@H](OC(C)=O)[C@@H]1C.CC[C@]1(C(C)OC)O[C@@H]2OC(C)(C)O[C@@H]2[C@@H]1C.COC(C)[C@@]12CO[C@@H]([CH-]O1)[C@@H]2C.COC(C)[C@@]12CO[C@@H]([CH-]O1)[C@@H]2C.COC(C)[C@@]12CO[C@@H]([CH-]O1)[C@@H]2O.[U].[U].[U].[U]. The first-order valence-corrected chi connectivity index (χ1v) is 37.9. The Morgan fingerprint density at radius 2 is 0.848 bits per heavy atom. The summed E-state index contributed by atoms with van der Waals surface area (Å²) in [6.45, 7) is 48.7. The summed E-state index contributed by atoms with van der Waals surface area (Å²) in [5, 5.41) is 19.2. The van der Waals surface area contributed by atoms with Crippen molar-refractivity contribution in [3.63, 3.8) is 0 Å². The molecule has 13 heterocycles. The molecule has 35 heteroatoms. The standard InChI is InChI=1S/C16H24N2O6.C14H24O6.C13H24O4.2C9H15O3.C8H13O4.C8H13O3.4U/c1-6-16(10(3)22-5)9(2)13(23-11(4)19)14(24-16)18-8-7-12(20)17-15(18)21;1-7-14(9(3)17-6)8(2)12(18-10(4)15)13(20-14)19-11(5)16;1-7-13(9(3)14-6)8(2)10-11(17-13)16-12(4,5)15-10;2*1-6-8-4-12-9(6,5-11-8)7(2)10-3;1-5(10-2)8-4-11-6(3-12-8)7(8)9;1-5-7-3-11-8(5,4-10-7)6(2)9;;;;/h7-10,13-14H,6H2,1-5H3,(H,17,20,21);8-9,12-13H,7H2,1-6H3;8-11H,7H2,1-6H3;2*4,6-8H,5H2,1-3H3;3,5-7,9H,4H2,1-2H3;3,5-7,9H,4H2,1-2H3;;;;/q;;;4*-1;;;;/t9-,10?,13+,14?,16-;8-,9?,12+,13?,14-;8-,9?,10+,11-,13-;2*6-,7?,8-,9-;5?,6-,7-,8+;5-,6?,7-,8-;;;;/m0000000..../s1. The van der Waals surface area contributed by atoms with Crippen LogP contribution in [0.5, 0.6) is 0 Å². The van der Waals surface area contributed by atoms with E-state index in [1.165, 1.54) is 37.6 Å².